The molecule has 2 heterocycles. The molecule has 206 valence electrons. The van der Waals surface area contributed by atoms with Gasteiger partial charge in [-0.15, -0.1) is 0 Å². The number of hydrogen-bond acceptors (Lipinski definition) is 7. The molecule has 5 rings (SSSR count). The van der Waals surface area contributed by atoms with Crippen molar-refractivity contribution in [3.63, 3.8) is 0 Å². The highest BCUT2D eigenvalue weighted by Crippen LogP contribution is 2.49. The Bertz CT molecular complexity index is 1050. The van der Waals surface area contributed by atoms with E-state index < -0.39 is 15.4 Å². The van der Waals surface area contributed by atoms with Crippen molar-refractivity contribution in [3.8, 4) is 0 Å². The van der Waals surface area contributed by atoms with Gasteiger partial charge in [0.1, 0.15) is 9.84 Å². The van der Waals surface area contributed by atoms with Gasteiger partial charge in [-0.2, -0.15) is 0 Å². The normalized spacial score (nSPS) is 29.8. The average Bonchev–Trinajstić information content (AvgIpc) is 3.16. The van der Waals surface area contributed by atoms with Gasteiger partial charge >= 0.3 is 0 Å². The SMILES string of the molecule is CN(C)C1(c2ccccc2)CCC2(CC1)CN(CC(=O)NC1CCS(=O)(=O)CC1)CN2CC1(O)CCC1. The summed E-state index contributed by atoms with van der Waals surface area (Å²) in [7, 11) is 1.42. The van der Waals surface area contributed by atoms with Crippen LogP contribution in [0.15, 0.2) is 30.3 Å². The van der Waals surface area contributed by atoms with Gasteiger partial charge in [0.15, 0.2) is 0 Å². The van der Waals surface area contributed by atoms with E-state index in [1.165, 1.54) is 5.56 Å². The third-order valence-corrected chi connectivity index (χ3v) is 11.5. The molecular formula is C28H44N4O4S. The van der Waals surface area contributed by atoms with Crippen LogP contribution in [-0.4, -0.2) is 103 Å². The van der Waals surface area contributed by atoms with Crippen molar-refractivity contribution in [2.75, 3.05) is 51.9 Å². The molecule has 0 unspecified atom stereocenters. The number of β-amino-alcohol motifs (C(OH)–C–C–N with tert-alkyl or cyclic N) is 1. The van der Waals surface area contributed by atoms with Crippen LogP contribution in [0.25, 0.3) is 0 Å². The molecule has 2 aliphatic carbocycles. The lowest BCUT2D eigenvalue weighted by Gasteiger charge is -2.53. The standard InChI is InChI=1S/C28H44N4O4S/c1-30(2)28(23-7-4-3-5-8-23)15-13-26(14-16-28)20-31(22-32(26)21-27(34)11-6-12-27)19-25(33)29-24-9-17-37(35,36)18-10-24/h3-5,7-8,24,34H,6,9-22H2,1-2H3,(H,29,33). The van der Waals surface area contributed by atoms with Crippen LogP contribution in [0, 0.1) is 0 Å². The van der Waals surface area contributed by atoms with E-state index >= 15 is 0 Å². The topological polar surface area (TPSA) is 93.2 Å². The molecule has 0 aromatic heterocycles. The van der Waals surface area contributed by atoms with E-state index in [1.54, 1.807) is 0 Å². The summed E-state index contributed by atoms with van der Waals surface area (Å²) < 4.78 is 23.5. The minimum Gasteiger partial charge on any atom is -0.389 e. The first-order valence-corrected chi connectivity index (χ1v) is 15.8. The second-order valence-electron chi connectivity index (χ2n) is 12.4. The highest BCUT2D eigenvalue weighted by Gasteiger charge is 2.53. The van der Waals surface area contributed by atoms with E-state index in [0.717, 1.165) is 51.5 Å². The molecule has 1 aromatic rings. The van der Waals surface area contributed by atoms with Gasteiger partial charge in [0.25, 0.3) is 0 Å². The maximum atomic E-state index is 13.0. The smallest absolute Gasteiger partial charge is 0.234 e. The van der Waals surface area contributed by atoms with Crippen LogP contribution in [0.5, 0.6) is 0 Å². The van der Waals surface area contributed by atoms with Gasteiger partial charge in [-0.3, -0.25) is 19.5 Å². The summed E-state index contributed by atoms with van der Waals surface area (Å²) in [5.41, 5.74) is 0.716. The van der Waals surface area contributed by atoms with Gasteiger partial charge in [-0.1, -0.05) is 30.3 Å². The van der Waals surface area contributed by atoms with Gasteiger partial charge in [-0.25, -0.2) is 8.42 Å². The Kier molecular flexibility index (Phi) is 7.48. The monoisotopic (exact) mass is 532 g/mol. The van der Waals surface area contributed by atoms with Crippen molar-refractivity contribution < 1.29 is 18.3 Å². The van der Waals surface area contributed by atoms with Gasteiger partial charge < -0.3 is 10.4 Å². The molecule has 4 fully saturated rings. The zero-order chi connectivity index (χ0) is 26.3. The van der Waals surface area contributed by atoms with Crippen molar-refractivity contribution >= 4 is 15.7 Å². The molecule has 37 heavy (non-hydrogen) atoms. The minimum absolute atomic E-state index is 0.00232. The molecule has 1 amide bonds. The summed E-state index contributed by atoms with van der Waals surface area (Å²) in [5, 5.41) is 14.2. The Hall–Kier alpha value is -1.52. The number of amides is 1. The van der Waals surface area contributed by atoms with Crippen molar-refractivity contribution in [2.45, 2.75) is 80.5 Å². The number of aliphatic hydroxyl groups is 1. The molecule has 4 aliphatic rings. The van der Waals surface area contributed by atoms with Crippen molar-refractivity contribution in [1.29, 1.82) is 0 Å². The Labute approximate surface area is 222 Å². The molecule has 9 heteroatoms. The lowest BCUT2D eigenvalue weighted by Crippen LogP contribution is -2.58. The van der Waals surface area contributed by atoms with Crippen LogP contribution in [0.1, 0.15) is 63.4 Å². The van der Waals surface area contributed by atoms with E-state index in [4.69, 9.17) is 0 Å². The fourth-order valence-corrected chi connectivity index (χ4v) is 8.73. The summed E-state index contributed by atoms with van der Waals surface area (Å²) in [6.07, 6.45) is 7.92. The maximum absolute atomic E-state index is 13.0. The van der Waals surface area contributed by atoms with Gasteiger partial charge in [-0.05, 0) is 77.4 Å². The van der Waals surface area contributed by atoms with Gasteiger partial charge in [0.05, 0.1) is 30.3 Å². The number of sulfone groups is 1. The van der Waals surface area contributed by atoms with E-state index in [1.807, 2.05) is 0 Å². The van der Waals surface area contributed by atoms with Crippen LogP contribution >= 0.6 is 0 Å². The highest BCUT2D eigenvalue weighted by atomic mass is 32.2. The Morgan fingerprint density at radius 2 is 1.70 bits per heavy atom. The predicted octanol–water partition coefficient (Wildman–Crippen LogP) is 1.94. The first-order valence-electron chi connectivity index (χ1n) is 14.0. The van der Waals surface area contributed by atoms with Gasteiger partial charge in [0.2, 0.25) is 5.91 Å². The number of carbonyl (C=O) groups excluding carboxylic acids is 1. The lowest BCUT2D eigenvalue weighted by molar-refractivity contribution is -0.123. The molecule has 2 saturated carbocycles. The zero-order valence-corrected chi connectivity index (χ0v) is 23.3. The Balaban J connectivity index is 1.27. The fraction of sp³-hybridized carbons (Fsp3) is 0.750. The van der Waals surface area contributed by atoms with E-state index in [-0.39, 0.29) is 34.5 Å². The summed E-state index contributed by atoms with van der Waals surface area (Å²) in [6.45, 7) is 2.51. The average molecular weight is 533 g/mol. The van der Waals surface area contributed by atoms with Crippen molar-refractivity contribution in [1.82, 2.24) is 20.0 Å². The van der Waals surface area contributed by atoms with E-state index in [0.29, 0.717) is 32.6 Å². The number of nitrogens with one attached hydrogen (secondary N) is 1. The molecule has 2 saturated heterocycles. The van der Waals surface area contributed by atoms with Crippen LogP contribution in [0.3, 0.4) is 0 Å². The molecule has 0 atom stereocenters. The number of rotatable bonds is 7. The number of carbonyl (C=O) groups is 1. The third-order valence-electron chi connectivity index (χ3n) is 9.79. The minimum atomic E-state index is -2.95. The molecule has 1 aromatic carbocycles. The van der Waals surface area contributed by atoms with Crippen molar-refractivity contribution in [3.05, 3.63) is 35.9 Å². The first kappa shape index (κ1) is 27.1. The van der Waals surface area contributed by atoms with E-state index in [9.17, 15) is 18.3 Å². The highest BCUT2D eigenvalue weighted by molar-refractivity contribution is 7.91. The molecule has 0 bridgehead atoms. The molecular weight excluding hydrogens is 488 g/mol. The Morgan fingerprint density at radius 3 is 2.27 bits per heavy atom. The molecule has 1 spiro atoms. The second kappa shape index (κ2) is 10.2. The van der Waals surface area contributed by atoms with E-state index in [2.05, 4.69) is 64.4 Å². The fourth-order valence-electron chi connectivity index (χ4n) is 7.24. The lowest BCUT2D eigenvalue weighted by atomic mass is 9.67. The van der Waals surface area contributed by atoms with Crippen LogP contribution in [0.2, 0.25) is 0 Å². The van der Waals surface area contributed by atoms with Crippen LogP contribution in [0.4, 0.5) is 0 Å². The summed E-state index contributed by atoms with van der Waals surface area (Å²) >= 11 is 0. The second-order valence-corrected chi connectivity index (χ2v) is 14.7. The number of hydrogen-bond donors (Lipinski definition) is 2. The van der Waals surface area contributed by atoms with Crippen LogP contribution in [-0.2, 0) is 20.2 Å². The molecule has 8 nitrogen and oxygen atoms in total. The predicted molar refractivity (Wildman–Crippen MR) is 145 cm³/mol. The van der Waals surface area contributed by atoms with Gasteiger partial charge in [0, 0.05) is 30.2 Å². The Morgan fingerprint density at radius 1 is 1.05 bits per heavy atom. The summed E-state index contributed by atoms with van der Waals surface area (Å²) in [4.78, 5) is 20.1. The van der Waals surface area contributed by atoms with Crippen LogP contribution < -0.4 is 5.32 Å². The quantitative estimate of drug-likeness (QED) is 0.554. The number of nitrogens with zero attached hydrogens (tertiary/aromatic N) is 3. The molecule has 2 aliphatic heterocycles. The molecule has 0 radical (unpaired) electrons. The summed E-state index contributed by atoms with van der Waals surface area (Å²) in [6, 6.07) is 10.8. The third kappa shape index (κ3) is 5.62. The maximum Gasteiger partial charge on any atom is 0.234 e. The molecule has 2 N–H and O–H groups in total. The zero-order valence-electron chi connectivity index (χ0n) is 22.5. The summed E-state index contributed by atoms with van der Waals surface area (Å²) in [5.74, 6) is 0.296. The first-order chi connectivity index (χ1) is 17.5. The largest absolute Gasteiger partial charge is 0.389 e. The van der Waals surface area contributed by atoms with Crippen molar-refractivity contribution in [2.24, 2.45) is 0 Å². The number of benzene rings is 1.